The number of hydrogen-bond acceptors (Lipinski definition) is 6. The molecule has 0 atom stereocenters. The standard InChI is InChI=1S/C15H12FN3O3S2/c16-10-3-5-11(6-4-10)24(20,21)19-12-7-8-23-13(12)15-17-14(18-22-15)9-1-2-9/h3-9,19H,1-2H2. The molecular formula is C15H12FN3O3S2. The Morgan fingerprint density at radius 1 is 1.21 bits per heavy atom. The third-order valence-corrected chi connectivity index (χ3v) is 5.90. The summed E-state index contributed by atoms with van der Waals surface area (Å²) in [5, 5.41) is 5.68. The Labute approximate surface area is 141 Å². The van der Waals surface area contributed by atoms with Crippen LogP contribution < -0.4 is 4.72 Å². The number of nitrogens with zero attached hydrogens (tertiary/aromatic N) is 2. The first-order valence-electron chi connectivity index (χ1n) is 7.23. The third kappa shape index (κ3) is 2.92. The molecule has 0 spiro atoms. The highest BCUT2D eigenvalue weighted by molar-refractivity contribution is 7.92. The van der Waals surface area contributed by atoms with Gasteiger partial charge in [-0.1, -0.05) is 5.16 Å². The third-order valence-electron chi connectivity index (χ3n) is 3.61. The maximum absolute atomic E-state index is 13.0. The quantitative estimate of drug-likeness (QED) is 0.746. The monoisotopic (exact) mass is 365 g/mol. The second-order valence-corrected chi connectivity index (χ2v) is 8.05. The van der Waals surface area contributed by atoms with Crippen molar-refractivity contribution in [3.63, 3.8) is 0 Å². The van der Waals surface area contributed by atoms with Crippen LogP contribution in [0.1, 0.15) is 24.6 Å². The Kier molecular flexibility index (Phi) is 3.61. The summed E-state index contributed by atoms with van der Waals surface area (Å²) in [4.78, 5) is 4.87. The fraction of sp³-hybridized carbons (Fsp3) is 0.200. The van der Waals surface area contributed by atoms with Gasteiger partial charge in [0.05, 0.1) is 10.6 Å². The van der Waals surface area contributed by atoms with E-state index < -0.39 is 15.8 Å². The molecule has 1 N–H and O–H groups in total. The molecule has 1 aliphatic carbocycles. The van der Waals surface area contributed by atoms with Gasteiger partial charge in [0.15, 0.2) is 5.82 Å². The number of thiophene rings is 1. The Hall–Kier alpha value is -2.26. The molecule has 0 bridgehead atoms. The smallest absolute Gasteiger partial charge is 0.270 e. The van der Waals surface area contributed by atoms with Gasteiger partial charge in [0.25, 0.3) is 15.9 Å². The molecule has 1 fully saturated rings. The first kappa shape index (κ1) is 15.3. The second kappa shape index (κ2) is 5.67. The van der Waals surface area contributed by atoms with E-state index in [-0.39, 0.29) is 4.90 Å². The van der Waals surface area contributed by atoms with Crippen LogP contribution >= 0.6 is 11.3 Å². The average Bonchev–Trinajstić information content (AvgIpc) is 3.11. The van der Waals surface area contributed by atoms with Crippen molar-refractivity contribution in [1.29, 1.82) is 0 Å². The molecule has 0 aliphatic heterocycles. The largest absolute Gasteiger partial charge is 0.333 e. The molecule has 0 amide bonds. The van der Waals surface area contributed by atoms with Crippen molar-refractivity contribution in [2.24, 2.45) is 0 Å². The maximum atomic E-state index is 13.0. The van der Waals surface area contributed by atoms with Gasteiger partial charge in [-0.2, -0.15) is 4.98 Å². The summed E-state index contributed by atoms with van der Waals surface area (Å²) in [6.45, 7) is 0. The normalized spacial score (nSPS) is 14.7. The summed E-state index contributed by atoms with van der Waals surface area (Å²) in [6, 6.07) is 6.25. The van der Waals surface area contributed by atoms with Gasteiger partial charge in [0.2, 0.25) is 0 Å². The van der Waals surface area contributed by atoms with Gasteiger partial charge < -0.3 is 4.52 Å². The van der Waals surface area contributed by atoms with E-state index in [1.54, 1.807) is 11.4 Å². The summed E-state index contributed by atoms with van der Waals surface area (Å²) in [6.07, 6.45) is 2.10. The van der Waals surface area contributed by atoms with Crippen LogP contribution in [-0.4, -0.2) is 18.6 Å². The topological polar surface area (TPSA) is 85.1 Å². The van der Waals surface area contributed by atoms with Crippen molar-refractivity contribution >= 4 is 27.0 Å². The minimum atomic E-state index is -3.83. The van der Waals surface area contributed by atoms with Crippen molar-refractivity contribution < 1.29 is 17.3 Å². The number of rotatable bonds is 5. The van der Waals surface area contributed by atoms with Crippen LogP contribution in [0, 0.1) is 5.82 Å². The zero-order valence-electron chi connectivity index (χ0n) is 12.3. The first-order chi connectivity index (χ1) is 11.5. The predicted octanol–water partition coefficient (Wildman–Crippen LogP) is 3.62. The summed E-state index contributed by atoms with van der Waals surface area (Å²) in [7, 11) is -3.83. The molecule has 2 aromatic heterocycles. The number of anilines is 1. The molecule has 0 radical (unpaired) electrons. The lowest BCUT2D eigenvalue weighted by molar-refractivity contribution is 0.423. The highest BCUT2D eigenvalue weighted by Gasteiger charge is 2.30. The first-order valence-corrected chi connectivity index (χ1v) is 9.59. The Bertz CT molecular complexity index is 976. The number of benzene rings is 1. The van der Waals surface area contributed by atoms with Crippen LogP contribution in [0.2, 0.25) is 0 Å². The lowest BCUT2D eigenvalue weighted by atomic mass is 10.4. The predicted molar refractivity (Wildman–Crippen MR) is 86.8 cm³/mol. The molecule has 24 heavy (non-hydrogen) atoms. The number of nitrogens with one attached hydrogen (secondary N) is 1. The van der Waals surface area contributed by atoms with E-state index >= 15 is 0 Å². The molecule has 2 heterocycles. The van der Waals surface area contributed by atoms with E-state index in [1.165, 1.54) is 23.5 Å². The van der Waals surface area contributed by atoms with Gasteiger partial charge in [0, 0.05) is 5.92 Å². The van der Waals surface area contributed by atoms with Crippen molar-refractivity contribution in [3.05, 3.63) is 47.4 Å². The van der Waals surface area contributed by atoms with Crippen LogP contribution in [-0.2, 0) is 10.0 Å². The lowest BCUT2D eigenvalue weighted by Crippen LogP contribution is -2.12. The van der Waals surface area contributed by atoms with Gasteiger partial charge in [-0.3, -0.25) is 4.72 Å². The minimum Gasteiger partial charge on any atom is -0.333 e. The summed E-state index contributed by atoms with van der Waals surface area (Å²) in [5.74, 6) is 0.805. The Morgan fingerprint density at radius 2 is 1.96 bits per heavy atom. The Morgan fingerprint density at radius 3 is 2.67 bits per heavy atom. The zero-order chi connectivity index (χ0) is 16.7. The van der Waals surface area contributed by atoms with Crippen LogP contribution in [0.3, 0.4) is 0 Å². The summed E-state index contributed by atoms with van der Waals surface area (Å²) >= 11 is 1.30. The molecular weight excluding hydrogens is 353 g/mol. The maximum Gasteiger partial charge on any atom is 0.270 e. The van der Waals surface area contributed by atoms with Gasteiger partial charge in [0.1, 0.15) is 10.7 Å². The van der Waals surface area contributed by atoms with Crippen LogP contribution in [0.4, 0.5) is 10.1 Å². The van der Waals surface area contributed by atoms with Crippen LogP contribution in [0.5, 0.6) is 0 Å². The fourth-order valence-electron chi connectivity index (χ4n) is 2.21. The van der Waals surface area contributed by atoms with Crippen molar-refractivity contribution in [1.82, 2.24) is 10.1 Å². The van der Waals surface area contributed by atoms with Crippen molar-refractivity contribution in [3.8, 4) is 10.8 Å². The number of aromatic nitrogens is 2. The molecule has 1 aliphatic rings. The average molecular weight is 365 g/mol. The second-order valence-electron chi connectivity index (χ2n) is 5.45. The SMILES string of the molecule is O=S(=O)(Nc1ccsc1-c1nc(C2CC2)no1)c1ccc(F)cc1. The molecule has 9 heteroatoms. The van der Waals surface area contributed by atoms with Crippen molar-refractivity contribution in [2.45, 2.75) is 23.7 Å². The molecule has 3 aromatic rings. The molecule has 0 saturated heterocycles. The van der Waals surface area contributed by atoms with Gasteiger partial charge in [-0.15, -0.1) is 11.3 Å². The van der Waals surface area contributed by atoms with Crippen LogP contribution in [0.25, 0.3) is 10.8 Å². The number of hydrogen-bond donors (Lipinski definition) is 1. The fourth-order valence-corrected chi connectivity index (χ4v) is 4.11. The number of sulfonamides is 1. The van der Waals surface area contributed by atoms with E-state index in [4.69, 9.17) is 4.52 Å². The molecule has 1 saturated carbocycles. The van der Waals surface area contributed by atoms with Crippen LogP contribution in [0.15, 0.2) is 45.1 Å². The molecule has 0 unspecified atom stereocenters. The van der Waals surface area contributed by atoms with E-state index in [9.17, 15) is 12.8 Å². The summed E-state index contributed by atoms with van der Waals surface area (Å²) in [5.41, 5.74) is 0.357. The van der Waals surface area contributed by atoms with E-state index in [0.29, 0.717) is 28.2 Å². The van der Waals surface area contributed by atoms with E-state index in [1.807, 2.05) is 0 Å². The van der Waals surface area contributed by atoms with E-state index in [2.05, 4.69) is 14.9 Å². The van der Waals surface area contributed by atoms with Gasteiger partial charge in [-0.25, -0.2) is 12.8 Å². The van der Waals surface area contributed by atoms with Crippen molar-refractivity contribution in [2.75, 3.05) is 4.72 Å². The molecule has 1 aromatic carbocycles. The van der Waals surface area contributed by atoms with Gasteiger partial charge >= 0.3 is 0 Å². The highest BCUT2D eigenvalue weighted by Crippen LogP contribution is 2.40. The zero-order valence-corrected chi connectivity index (χ0v) is 13.9. The molecule has 4 rings (SSSR count). The molecule has 124 valence electrons. The highest BCUT2D eigenvalue weighted by atomic mass is 32.2. The lowest BCUT2D eigenvalue weighted by Gasteiger charge is -2.07. The minimum absolute atomic E-state index is 0.0229. The molecule has 6 nitrogen and oxygen atoms in total. The van der Waals surface area contributed by atoms with Gasteiger partial charge in [-0.05, 0) is 48.6 Å². The summed E-state index contributed by atoms with van der Waals surface area (Å²) < 4.78 is 45.6. The number of halogens is 1. The Balaban J connectivity index is 1.63. The van der Waals surface area contributed by atoms with E-state index in [0.717, 1.165) is 25.0 Å².